The molecule has 2 saturated heterocycles. The minimum absolute atomic E-state index is 0.138. The lowest BCUT2D eigenvalue weighted by Crippen LogP contribution is -2.54. The molecule has 2 N–H and O–H groups in total. The van der Waals surface area contributed by atoms with E-state index in [9.17, 15) is 9.59 Å². The van der Waals surface area contributed by atoms with Gasteiger partial charge in [-0.25, -0.2) is 9.97 Å². The quantitative estimate of drug-likeness (QED) is 0.351. The zero-order chi connectivity index (χ0) is 24.2. The molecule has 2 amide bonds. The molecule has 11 heteroatoms. The van der Waals surface area contributed by atoms with Crippen LogP contribution in [0.25, 0.3) is 20.8 Å². The highest BCUT2D eigenvalue weighted by atomic mass is 32.2. The monoisotopic (exact) mass is 512 g/mol. The van der Waals surface area contributed by atoms with Crippen LogP contribution in [0.4, 0.5) is 11.5 Å². The Labute approximate surface area is 212 Å². The molecule has 1 unspecified atom stereocenters. The Balaban J connectivity index is 1.25. The number of nitrogens with one attached hydrogen (secondary N) is 1. The van der Waals surface area contributed by atoms with E-state index in [1.54, 1.807) is 16.2 Å². The van der Waals surface area contributed by atoms with Gasteiger partial charge in [-0.3, -0.25) is 9.59 Å². The summed E-state index contributed by atoms with van der Waals surface area (Å²) >= 11 is 2.22. The molecule has 2 aliphatic heterocycles. The van der Waals surface area contributed by atoms with Gasteiger partial charge >= 0.3 is 0 Å². The summed E-state index contributed by atoms with van der Waals surface area (Å²) in [4.78, 5) is 39.3. The van der Waals surface area contributed by atoms with Crippen LogP contribution in [0.5, 0.6) is 0 Å². The van der Waals surface area contributed by atoms with E-state index in [1.165, 1.54) is 12.8 Å². The Bertz CT molecular complexity index is 1170. The van der Waals surface area contributed by atoms with E-state index in [1.807, 2.05) is 6.20 Å². The van der Waals surface area contributed by atoms with E-state index < -0.39 is 6.04 Å². The van der Waals surface area contributed by atoms with Crippen molar-refractivity contribution < 1.29 is 14.1 Å². The number of anilines is 2. The molecule has 5 rings (SSSR count). The second-order valence-electron chi connectivity index (χ2n) is 8.72. The number of pyridine rings is 1. The summed E-state index contributed by atoms with van der Waals surface area (Å²) in [5, 5.41) is 3.46. The number of piperazine rings is 1. The zero-order valence-electron chi connectivity index (χ0n) is 19.3. The fraction of sp³-hybridized carbons (Fsp3) is 0.417. The molecule has 0 radical (unpaired) electrons. The van der Waals surface area contributed by atoms with Crippen LogP contribution in [0, 0.1) is 0 Å². The van der Waals surface area contributed by atoms with Gasteiger partial charge in [0.25, 0.3) is 0 Å². The van der Waals surface area contributed by atoms with Gasteiger partial charge in [-0.2, -0.15) is 0 Å². The molecule has 0 bridgehead atoms. The molecular weight excluding hydrogens is 484 g/mol. The molecule has 2 fully saturated rings. The summed E-state index contributed by atoms with van der Waals surface area (Å²) in [6, 6.07) is 9.79. The fourth-order valence-electron chi connectivity index (χ4n) is 4.63. The summed E-state index contributed by atoms with van der Waals surface area (Å²) in [6.45, 7) is 4.68. The Morgan fingerprint density at radius 3 is 2.60 bits per heavy atom. The molecule has 3 aromatic rings. The van der Waals surface area contributed by atoms with Gasteiger partial charge in [0.1, 0.15) is 16.9 Å². The Morgan fingerprint density at radius 2 is 1.91 bits per heavy atom. The zero-order valence-corrected chi connectivity index (χ0v) is 20.9. The van der Waals surface area contributed by atoms with E-state index >= 15 is 0 Å². The van der Waals surface area contributed by atoms with Crippen molar-refractivity contribution in [2.24, 2.45) is 0 Å². The highest BCUT2D eigenvalue weighted by Crippen LogP contribution is 2.33. The number of benzene rings is 1. The SMILES string of the molecule is O=CNC(CSO)C(=O)N1CCN(c2ccc3nc(-c4ccc(N5CCCC5)nc4)sc3c2)CC1. The van der Waals surface area contributed by atoms with Crippen LogP contribution >= 0.6 is 23.4 Å². The molecule has 1 atom stereocenters. The van der Waals surface area contributed by atoms with Gasteiger partial charge in [0.05, 0.1) is 10.2 Å². The number of amides is 2. The summed E-state index contributed by atoms with van der Waals surface area (Å²) < 4.78 is 10.2. The molecular formula is C24H28N6O3S2. The lowest BCUT2D eigenvalue weighted by atomic mass is 10.2. The van der Waals surface area contributed by atoms with Crippen LogP contribution in [0.3, 0.4) is 0 Å². The van der Waals surface area contributed by atoms with Crippen molar-refractivity contribution >= 4 is 57.4 Å². The van der Waals surface area contributed by atoms with Crippen molar-refractivity contribution in [2.75, 3.05) is 54.8 Å². The van der Waals surface area contributed by atoms with E-state index in [0.29, 0.717) is 44.6 Å². The van der Waals surface area contributed by atoms with E-state index in [2.05, 4.69) is 50.4 Å². The maximum atomic E-state index is 12.7. The van der Waals surface area contributed by atoms with Crippen LogP contribution in [0.15, 0.2) is 36.5 Å². The maximum Gasteiger partial charge on any atom is 0.246 e. The van der Waals surface area contributed by atoms with Crippen LogP contribution in [0.2, 0.25) is 0 Å². The number of nitrogens with zero attached hydrogens (tertiary/aromatic N) is 5. The van der Waals surface area contributed by atoms with Crippen LogP contribution in [-0.4, -0.2) is 82.8 Å². The third-order valence-corrected chi connectivity index (χ3v) is 8.11. The molecule has 0 spiro atoms. The van der Waals surface area contributed by atoms with Crippen molar-refractivity contribution in [1.82, 2.24) is 20.2 Å². The van der Waals surface area contributed by atoms with Crippen molar-refractivity contribution in [1.29, 1.82) is 0 Å². The molecule has 4 heterocycles. The molecule has 0 saturated carbocycles. The first-order valence-electron chi connectivity index (χ1n) is 11.8. The Kier molecular flexibility index (Phi) is 7.35. The second kappa shape index (κ2) is 10.8. The van der Waals surface area contributed by atoms with Gasteiger partial charge in [0, 0.05) is 62.5 Å². The largest absolute Gasteiger partial charge is 0.368 e. The molecule has 2 aromatic heterocycles. The number of aromatic nitrogens is 2. The summed E-state index contributed by atoms with van der Waals surface area (Å²) in [7, 11) is 0. The van der Waals surface area contributed by atoms with Gasteiger partial charge in [0.2, 0.25) is 12.3 Å². The van der Waals surface area contributed by atoms with Crippen LogP contribution in [-0.2, 0) is 9.59 Å². The predicted molar refractivity (Wildman–Crippen MR) is 141 cm³/mol. The average Bonchev–Trinajstić information content (AvgIpc) is 3.58. The standard InChI is InChI=1S/C24H28N6O3S2/c31-16-26-20(15-34-33)24(32)30-11-9-28(10-12-30)18-4-5-19-21(13-18)35-23(27-19)17-3-6-22(25-14-17)29-7-1-2-8-29/h3-6,13-14,16,20,33H,1-2,7-12,15H2,(H,26,31). The van der Waals surface area contributed by atoms with Crippen molar-refractivity contribution in [3.05, 3.63) is 36.5 Å². The van der Waals surface area contributed by atoms with Crippen molar-refractivity contribution in [3.8, 4) is 10.6 Å². The van der Waals surface area contributed by atoms with Gasteiger partial charge in [-0.15, -0.1) is 11.3 Å². The fourth-order valence-corrected chi connectivity index (χ4v) is 6.01. The second-order valence-corrected chi connectivity index (χ2v) is 10.3. The first-order valence-corrected chi connectivity index (χ1v) is 13.5. The highest BCUT2D eigenvalue weighted by Gasteiger charge is 2.27. The topological polar surface area (TPSA) is 102 Å². The van der Waals surface area contributed by atoms with Crippen molar-refractivity contribution in [2.45, 2.75) is 18.9 Å². The van der Waals surface area contributed by atoms with Crippen molar-refractivity contribution in [3.63, 3.8) is 0 Å². The summed E-state index contributed by atoms with van der Waals surface area (Å²) in [5.74, 6) is 1.01. The smallest absolute Gasteiger partial charge is 0.246 e. The number of carbonyl (C=O) groups excluding carboxylic acids is 2. The van der Waals surface area contributed by atoms with E-state index in [0.717, 1.165) is 45.4 Å². The molecule has 0 aliphatic carbocycles. The number of rotatable bonds is 8. The number of hydrogen-bond donors (Lipinski definition) is 2. The number of fused-ring (bicyclic) bond motifs is 1. The normalized spacial score (nSPS) is 17.1. The third kappa shape index (κ3) is 5.21. The number of carbonyl (C=O) groups is 2. The molecule has 9 nitrogen and oxygen atoms in total. The minimum atomic E-state index is -0.708. The molecule has 1 aromatic carbocycles. The minimum Gasteiger partial charge on any atom is -0.368 e. The predicted octanol–water partition coefficient (Wildman–Crippen LogP) is 2.93. The van der Waals surface area contributed by atoms with Crippen LogP contribution < -0.4 is 15.1 Å². The Hall–Kier alpha value is -2.89. The van der Waals surface area contributed by atoms with Crippen LogP contribution in [0.1, 0.15) is 12.8 Å². The molecule has 2 aliphatic rings. The van der Waals surface area contributed by atoms with E-state index in [-0.39, 0.29) is 11.7 Å². The van der Waals surface area contributed by atoms with Gasteiger partial charge < -0.3 is 24.6 Å². The van der Waals surface area contributed by atoms with Gasteiger partial charge in [-0.1, -0.05) is 0 Å². The van der Waals surface area contributed by atoms with E-state index in [4.69, 9.17) is 9.54 Å². The lowest BCUT2D eigenvalue weighted by Gasteiger charge is -2.37. The van der Waals surface area contributed by atoms with Gasteiger partial charge in [-0.05, 0) is 55.2 Å². The van der Waals surface area contributed by atoms with Gasteiger partial charge in [0.15, 0.2) is 0 Å². The first kappa shape index (κ1) is 23.8. The molecule has 184 valence electrons. The third-order valence-electron chi connectivity index (χ3n) is 6.56. The average molecular weight is 513 g/mol. The highest BCUT2D eigenvalue weighted by molar-refractivity contribution is 7.93. The number of thiazole rings is 1. The lowest BCUT2D eigenvalue weighted by molar-refractivity contribution is -0.134. The summed E-state index contributed by atoms with van der Waals surface area (Å²) in [6.07, 6.45) is 4.89. The molecule has 35 heavy (non-hydrogen) atoms. The maximum absolute atomic E-state index is 12.7. The summed E-state index contributed by atoms with van der Waals surface area (Å²) in [5.41, 5.74) is 3.11. The number of hydrogen-bond acceptors (Lipinski definition) is 9. The Morgan fingerprint density at radius 1 is 1.11 bits per heavy atom. The first-order chi connectivity index (χ1) is 17.2.